The lowest BCUT2D eigenvalue weighted by molar-refractivity contribution is 0.316. The number of oxime groups is 1. The molecule has 1 aliphatic carbocycles. The monoisotopic (exact) mass is 402 g/mol. The molecule has 0 fully saturated rings. The van der Waals surface area contributed by atoms with Crippen LogP contribution < -0.4 is 10.1 Å². The molecule has 0 amide bonds. The maximum absolute atomic E-state index is 9.49. The van der Waals surface area contributed by atoms with E-state index in [0.717, 1.165) is 23.4 Å². The van der Waals surface area contributed by atoms with Crippen LogP contribution in [0.15, 0.2) is 59.9 Å². The highest BCUT2D eigenvalue weighted by atomic mass is 16.5. The van der Waals surface area contributed by atoms with Crippen molar-refractivity contribution in [2.75, 3.05) is 18.5 Å². The number of rotatable bonds is 6. The molecule has 4 rings (SSSR count). The number of ether oxygens (including phenoxy) is 1. The minimum Gasteiger partial charge on any atom is -0.492 e. The van der Waals surface area contributed by atoms with Crippen molar-refractivity contribution in [2.24, 2.45) is 5.16 Å². The molecule has 1 aliphatic rings. The molecule has 0 saturated carbocycles. The van der Waals surface area contributed by atoms with Gasteiger partial charge in [0.05, 0.1) is 18.0 Å². The van der Waals surface area contributed by atoms with Crippen molar-refractivity contribution >= 4 is 11.7 Å². The van der Waals surface area contributed by atoms with Crippen LogP contribution >= 0.6 is 0 Å². The lowest BCUT2D eigenvalue weighted by Crippen LogP contribution is -2.22. The normalized spacial score (nSPS) is 16.9. The topological polar surface area (TPSA) is 79.6 Å². The van der Waals surface area contributed by atoms with Crippen molar-refractivity contribution < 1.29 is 9.94 Å². The summed E-state index contributed by atoms with van der Waals surface area (Å²) in [6, 6.07) is 16.4. The Hall–Kier alpha value is -3.41. The number of fused-ring (bicyclic) bond motifs is 1. The molecule has 0 saturated heterocycles. The molecule has 154 valence electrons. The Morgan fingerprint density at radius 2 is 1.93 bits per heavy atom. The fraction of sp³-hybridized carbons (Fsp3) is 0.292. The van der Waals surface area contributed by atoms with Gasteiger partial charge in [-0.3, -0.25) is 0 Å². The van der Waals surface area contributed by atoms with E-state index in [-0.39, 0.29) is 5.92 Å². The number of aromatic nitrogens is 2. The van der Waals surface area contributed by atoms with E-state index in [0.29, 0.717) is 31.2 Å². The fourth-order valence-corrected chi connectivity index (χ4v) is 3.74. The first kappa shape index (κ1) is 19.9. The molecule has 0 bridgehead atoms. The van der Waals surface area contributed by atoms with E-state index in [2.05, 4.69) is 52.5 Å². The highest BCUT2D eigenvalue weighted by Gasteiger charge is 2.27. The van der Waals surface area contributed by atoms with Gasteiger partial charge in [0.1, 0.15) is 12.4 Å². The molecule has 6 heteroatoms. The third-order valence-electron chi connectivity index (χ3n) is 5.58. The Morgan fingerprint density at radius 3 is 2.70 bits per heavy atom. The van der Waals surface area contributed by atoms with E-state index < -0.39 is 0 Å². The standard InChI is InChI=1S/C24H26N4O2/c1-16-8-9-20(12-17(16)2)30-11-10-25-24-26-15-21-22(27-24)13-19(14-23(21)28-29)18-6-4-3-5-7-18/h3-9,12,15,19,29H,10-11,13-14H2,1-2H3,(H,25,26,27)/b28-23+. The van der Waals surface area contributed by atoms with Gasteiger partial charge in [0.2, 0.25) is 5.95 Å². The summed E-state index contributed by atoms with van der Waals surface area (Å²) < 4.78 is 5.82. The molecule has 0 spiro atoms. The zero-order valence-corrected chi connectivity index (χ0v) is 17.3. The molecule has 1 heterocycles. The number of anilines is 1. The smallest absolute Gasteiger partial charge is 0.223 e. The Labute approximate surface area is 176 Å². The summed E-state index contributed by atoms with van der Waals surface area (Å²) in [4.78, 5) is 9.08. The first-order chi connectivity index (χ1) is 14.6. The van der Waals surface area contributed by atoms with E-state index >= 15 is 0 Å². The van der Waals surface area contributed by atoms with Crippen molar-refractivity contribution in [1.29, 1.82) is 0 Å². The van der Waals surface area contributed by atoms with Crippen LogP contribution in [0.1, 0.15) is 40.3 Å². The van der Waals surface area contributed by atoms with Crippen LogP contribution in [-0.2, 0) is 6.42 Å². The van der Waals surface area contributed by atoms with Crippen LogP contribution in [0.2, 0.25) is 0 Å². The van der Waals surface area contributed by atoms with Gasteiger partial charge in [-0.1, -0.05) is 41.6 Å². The van der Waals surface area contributed by atoms with Gasteiger partial charge in [0.15, 0.2) is 0 Å². The summed E-state index contributed by atoms with van der Waals surface area (Å²) in [5.74, 6) is 1.66. The molecule has 0 radical (unpaired) electrons. The largest absolute Gasteiger partial charge is 0.492 e. The average molecular weight is 402 g/mol. The number of hydrogen-bond acceptors (Lipinski definition) is 6. The van der Waals surface area contributed by atoms with E-state index in [4.69, 9.17) is 4.74 Å². The molecule has 2 N–H and O–H groups in total. The number of benzene rings is 2. The molecule has 0 aliphatic heterocycles. The quantitative estimate of drug-likeness (QED) is 0.361. The van der Waals surface area contributed by atoms with Gasteiger partial charge in [-0.25, -0.2) is 9.97 Å². The number of hydrogen-bond donors (Lipinski definition) is 2. The maximum Gasteiger partial charge on any atom is 0.223 e. The minimum atomic E-state index is 0.237. The number of nitrogens with zero attached hydrogens (tertiary/aromatic N) is 3. The second kappa shape index (κ2) is 8.95. The summed E-state index contributed by atoms with van der Waals surface area (Å²) in [7, 11) is 0. The van der Waals surface area contributed by atoms with Crippen LogP contribution in [0.4, 0.5) is 5.95 Å². The molecule has 1 unspecified atom stereocenters. The maximum atomic E-state index is 9.49. The zero-order valence-electron chi connectivity index (χ0n) is 17.3. The third-order valence-corrected chi connectivity index (χ3v) is 5.58. The highest BCUT2D eigenvalue weighted by molar-refractivity contribution is 6.02. The predicted molar refractivity (Wildman–Crippen MR) is 118 cm³/mol. The lowest BCUT2D eigenvalue weighted by Gasteiger charge is -2.25. The van der Waals surface area contributed by atoms with Crippen LogP contribution in [0, 0.1) is 13.8 Å². The van der Waals surface area contributed by atoms with Gasteiger partial charge >= 0.3 is 0 Å². The van der Waals surface area contributed by atoms with E-state index in [9.17, 15) is 5.21 Å². The molecular weight excluding hydrogens is 376 g/mol. The van der Waals surface area contributed by atoms with Crippen molar-refractivity contribution in [3.63, 3.8) is 0 Å². The van der Waals surface area contributed by atoms with E-state index in [1.54, 1.807) is 6.20 Å². The van der Waals surface area contributed by atoms with Gasteiger partial charge in [-0.15, -0.1) is 0 Å². The number of aryl methyl sites for hydroxylation is 2. The molecule has 3 aromatic rings. The molecule has 1 atom stereocenters. The van der Waals surface area contributed by atoms with Crippen molar-refractivity contribution in [3.8, 4) is 5.75 Å². The van der Waals surface area contributed by atoms with Gasteiger partial charge in [-0.2, -0.15) is 0 Å². The van der Waals surface area contributed by atoms with Crippen LogP contribution in [0.3, 0.4) is 0 Å². The van der Waals surface area contributed by atoms with Gasteiger partial charge in [0, 0.05) is 18.2 Å². The van der Waals surface area contributed by atoms with E-state index in [1.807, 2.05) is 30.3 Å². The minimum absolute atomic E-state index is 0.237. The third kappa shape index (κ3) is 4.43. The zero-order chi connectivity index (χ0) is 20.9. The molecule has 1 aromatic heterocycles. The first-order valence-electron chi connectivity index (χ1n) is 10.2. The van der Waals surface area contributed by atoms with Crippen molar-refractivity contribution in [1.82, 2.24) is 9.97 Å². The fourth-order valence-electron chi connectivity index (χ4n) is 3.74. The SMILES string of the molecule is Cc1ccc(OCCNc2ncc3c(n2)CC(c2ccccc2)C/C3=N\O)cc1C. The van der Waals surface area contributed by atoms with E-state index in [1.165, 1.54) is 16.7 Å². The second-order valence-electron chi connectivity index (χ2n) is 7.64. The Morgan fingerprint density at radius 1 is 1.10 bits per heavy atom. The summed E-state index contributed by atoms with van der Waals surface area (Å²) in [5, 5.41) is 16.2. The molecule has 2 aromatic carbocycles. The summed E-state index contributed by atoms with van der Waals surface area (Å²) in [6.07, 6.45) is 3.20. The summed E-state index contributed by atoms with van der Waals surface area (Å²) in [6.45, 7) is 5.27. The van der Waals surface area contributed by atoms with Crippen molar-refractivity contribution in [3.05, 3.63) is 82.7 Å². The van der Waals surface area contributed by atoms with Gasteiger partial charge in [-0.05, 0) is 55.0 Å². The number of nitrogens with one attached hydrogen (secondary N) is 1. The highest BCUT2D eigenvalue weighted by Crippen LogP contribution is 2.32. The second-order valence-corrected chi connectivity index (χ2v) is 7.64. The Kier molecular flexibility index (Phi) is 5.93. The average Bonchev–Trinajstić information content (AvgIpc) is 2.78. The Bertz CT molecular complexity index is 1050. The van der Waals surface area contributed by atoms with Crippen LogP contribution in [-0.4, -0.2) is 34.0 Å². The molecular formula is C24H26N4O2. The summed E-state index contributed by atoms with van der Waals surface area (Å²) >= 11 is 0. The van der Waals surface area contributed by atoms with Crippen molar-refractivity contribution in [2.45, 2.75) is 32.6 Å². The van der Waals surface area contributed by atoms with Crippen LogP contribution in [0.5, 0.6) is 5.75 Å². The van der Waals surface area contributed by atoms with Crippen LogP contribution in [0.25, 0.3) is 0 Å². The molecule has 30 heavy (non-hydrogen) atoms. The first-order valence-corrected chi connectivity index (χ1v) is 10.2. The predicted octanol–water partition coefficient (Wildman–Crippen LogP) is 4.49. The van der Waals surface area contributed by atoms with Gasteiger partial charge < -0.3 is 15.3 Å². The summed E-state index contributed by atoms with van der Waals surface area (Å²) in [5.41, 5.74) is 6.04. The Balaban J connectivity index is 1.41. The molecule has 6 nitrogen and oxygen atoms in total. The van der Waals surface area contributed by atoms with Gasteiger partial charge in [0.25, 0.3) is 0 Å². The lowest BCUT2D eigenvalue weighted by atomic mass is 9.82.